The third-order valence-corrected chi connectivity index (χ3v) is 4.12. The molecule has 0 aliphatic carbocycles. The summed E-state index contributed by atoms with van der Waals surface area (Å²) in [5, 5.41) is 3.43. The SMILES string of the molecule is Cc1cc([C@H](CCC(C)C)N2CCNCC2)oc1C.Cl.Cl. The first kappa shape index (κ1) is 20.8. The lowest BCUT2D eigenvalue weighted by Gasteiger charge is -2.34. The molecule has 1 saturated heterocycles. The summed E-state index contributed by atoms with van der Waals surface area (Å²) in [6.07, 6.45) is 2.46. The summed E-state index contributed by atoms with van der Waals surface area (Å²) < 4.78 is 6.00. The molecule has 0 spiro atoms. The zero-order valence-corrected chi connectivity index (χ0v) is 15.3. The van der Waals surface area contributed by atoms with Crippen molar-refractivity contribution in [1.29, 1.82) is 0 Å². The van der Waals surface area contributed by atoms with E-state index in [1.54, 1.807) is 0 Å². The van der Waals surface area contributed by atoms with Gasteiger partial charge in [0.2, 0.25) is 0 Å². The van der Waals surface area contributed by atoms with Crippen molar-refractivity contribution >= 4 is 24.8 Å². The van der Waals surface area contributed by atoms with Crippen LogP contribution in [0.15, 0.2) is 10.5 Å². The molecule has 0 amide bonds. The Morgan fingerprint density at radius 3 is 2.24 bits per heavy atom. The number of hydrogen-bond donors (Lipinski definition) is 1. The van der Waals surface area contributed by atoms with Gasteiger partial charge in [0, 0.05) is 26.2 Å². The van der Waals surface area contributed by atoms with Crippen LogP contribution >= 0.6 is 24.8 Å². The maximum atomic E-state index is 6.00. The molecule has 5 heteroatoms. The fourth-order valence-corrected chi connectivity index (χ4v) is 2.76. The van der Waals surface area contributed by atoms with Crippen LogP contribution in [0.2, 0.25) is 0 Å². The molecule has 1 N–H and O–H groups in total. The van der Waals surface area contributed by atoms with Crippen molar-refractivity contribution in [3.8, 4) is 0 Å². The van der Waals surface area contributed by atoms with Crippen molar-refractivity contribution in [3.05, 3.63) is 23.2 Å². The van der Waals surface area contributed by atoms with Crippen LogP contribution in [0.3, 0.4) is 0 Å². The van der Waals surface area contributed by atoms with Crippen molar-refractivity contribution in [3.63, 3.8) is 0 Å². The highest BCUT2D eigenvalue weighted by atomic mass is 35.5. The van der Waals surface area contributed by atoms with Gasteiger partial charge >= 0.3 is 0 Å². The van der Waals surface area contributed by atoms with E-state index in [0.717, 1.165) is 43.6 Å². The first-order chi connectivity index (χ1) is 9.08. The van der Waals surface area contributed by atoms with Gasteiger partial charge in [0.15, 0.2) is 0 Å². The van der Waals surface area contributed by atoms with Gasteiger partial charge in [0.25, 0.3) is 0 Å². The van der Waals surface area contributed by atoms with Gasteiger partial charge < -0.3 is 9.73 Å². The van der Waals surface area contributed by atoms with Crippen molar-refractivity contribution < 1.29 is 4.42 Å². The summed E-state index contributed by atoms with van der Waals surface area (Å²) in [4.78, 5) is 2.58. The molecule has 1 fully saturated rings. The molecule has 1 aliphatic heterocycles. The fourth-order valence-electron chi connectivity index (χ4n) is 2.76. The molecule has 0 saturated carbocycles. The molecule has 1 aliphatic rings. The zero-order valence-electron chi connectivity index (χ0n) is 13.6. The molecular weight excluding hydrogens is 307 g/mol. The molecule has 1 atom stereocenters. The number of piperazine rings is 1. The van der Waals surface area contributed by atoms with Crippen LogP contribution in [0.25, 0.3) is 0 Å². The predicted molar refractivity (Wildman–Crippen MR) is 93.9 cm³/mol. The first-order valence-corrected chi connectivity index (χ1v) is 7.59. The van der Waals surface area contributed by atoms with Crippen LogP contribution in [-0.2, 0) is 0 Å². The number of nitrogens with zero attached hydrogens (tertiary/aromatic N) is 1. The Balaban J connectivity index is 0.00000200. The number of rotatable bonds is 5. The second kappa shape index (κ2) is 9.73. The van der Waals surface area contributed by atoms with Gasteiger partial charge in [-0.15, -0.1) is 24.8 Å². The molecule has 0 radical (unpaired) electrons. The van der Waals surface area contributed by atoms with Gasteiger partial charge in [-0.3, -0.25) is 4.90 Å². The Bertz CT molecular complexity index is 381. The topological polar surface area (TPSA) is 28.4 Å². The Morgan fingerprint density at radius 1 is 1.14 bits per heavy atom. The van der Waals surface area contributed by atoms with E-state index in [4.69, 9.17) is 4.42 Å². The average Bonchev–Trinajstić information content (AvgIpc) is 2.70. The standard InChI is InChI=1S/C16H28N2O.2ClH/c1-12(2)5-6-15(18-9-7-17-8-10-18)16-11-13(3)14(4)19-16;;/h11-12,15,17H,5-10H2,1-4H3;2*1H/t15-;;/m0../s1. The van der Waals surface area contributed by atoms with Crippen LogP contribution in [-0.4, -0.2) is 31.1 Å². The highest BCUT2D eigenvalue weighted by molar-refractivity contribution is 5.85. The number of hydrogen-bond acceptors (Lipinski definition) is 3. The molecule has 3 nitrogen and oxygen atoms in total. The van der Waals surface area contributed by atoms with E-state index in [-0.39, 0.29) is 24.8 Å². The van der Waals surface area contributed by atoms with Crippen molar-refractivity contribution in [2.75, 3.05) is 26.2 Å². The average molecular weight is 337 g/mol. The largest absolute Gasteiger partial charge is 0.464 e. The van der Waals surface area contributed by atoms with E-state index < -0.39 is 0 Å². The summed E-state index contributed by atoms with van der Waals surface area (Å²) in [6, 6.07) is 2.69. The number of nitrogens with one attached hydrogen (secondary N) is 1. The maximum Gasteiger partial charge on any atom is 0.121 e. The molecule has 124 valence electrons. The smallest absolute Gasteiger partial charge is 0.121 e. The number of furan rings is 1. The van der Waals surface area contributed by atoms with E-state index in [1.807, 2.05) is 0 Å². The van der Waals surface area contributed by atoms with Crippen molar-refractivity contribution in [2.45, 2.75) is 46.6 Å². The maximum absolute atomic E-state index is 6.00. The van der Waals surface area contributed by atoms with Crippen molar-refractivity contribution in [1.82, 2.24) is 10.2 Å². The molecule has 0 aromatic carbocycles. The minimum Gasteiger partial charge on any atom is -0.464 e. The lowest BCUT2D eigenvalue weighted by molar-refractivity contribution is 0.140. The minimum atomic E-state index is 0. The van der Waals surface area contributed by atoms with Gasteiger partial charge in [-0.25, -0.2) is 0 Å². The minimum absolute atomic E-state index is 0. The normalized spacial score (nSPS) is 17.2. The van der Waals surface area contributed by atoms with Gasteiger partial charge in [0.1, 0.15) is 11.5 Å². The lowest BCUT2D eigenvalue weighted by Crippen LogP contribution is -2.45. The van der Waals surface area contributed by atoms with E-state index >= 15 is 0 Å². The number of halogens is 2. The highest BCUT2D eigenvalue weighted by Gasteiger charge is 2.25. The van der Waals surface area contributed by atoms with Crippen molar-refractivity contribution in [2.24, 2.45) is 5.92 Å². The van der Waals surface area contributed by atoms with Crippen LogP contribution < -0.4 is 5.32 Å². The molecule has 1 aromatic rings. The van der Waals surface area contributed by atoms with Crippen LogP contribution in [0.5, 0.6) is 0 Å². The van der Waals surface area contributed by atoms with E-state index in [2.05, 4.69) is 44.0 Å². The van der Waals surface area contributed by atoms with Crippen LogP contribution in [0.1, 0.15) is 49.8 Å². The van der Waals surface area contributed by atoms with E-state index in [0.29, 0.717) is 6.04 Å². The third kappa shape index (κ3) is 5.82. The molecule has 21 heavy (non-hydrogen) atoms. The van der Waals surface area contributed by atoms with Gasteiger partial charge in [-0.1, -0.05) is 13.8 Å². The molecule has 2 heterocycles. The monoisotopic (exact) mass is 336 g/mol. The summed E-state index contributed by atoms with van der Waals surface area (Å²) in [5.41, 5.74) is 1.28. The second-order valence-electron chi connectivity index (χ2n) is 6.16. The van der Waals surface area contributed by atoms with Crippen LogP contribution in [0, 0.1) is 19.8 Å². The molecular formula is C16H30Cl2N2O. The van der Waals surface area contributed by atoms with Gasteiger partial charge in [-0.2, -0.15) is 0 Å². The van der Waals surface area contributed by atoms with Crippen LogP contribution in [0.4, 0.5) is 0 Å². The summed E-state index contributed by atoms with van der Waals surface area (Å²) in [5.74, 6) is 2.99. The van der Waals surface area contributed by atoms with Gasteiger partial charge in [0.05, 0.1) is 6.04 Å². The Hall–Kier alpha value is -0.220. The first-order valence-electron chi connectivity index (χ1n) is 7.59. The Morgan fingerprint density at radius 2 is 1.76 bits per heavy atom. The van der Waals surface area contributed by atoms with Gasteiger partial charge in [-0.05, 0) is 44.2 Å². The van der Waals surface area contributed by atoms with E-state index in [9.17, 15) is 0 Å². The molecule has 0 bridgehead atoms. The highest BCUT2D eigenvalue weighted by Crippen LogP contribution is 2.30. The predicted octanol–water partition coefficient (Wildman–Crippen LogP) is 4.12. The third-order valence-electron chi connectivity index (χ3n) is 4.12. The quantitative estimate of drug-likeness (QED) is 0.876. The zero-order chi connectivity index (χ0) is 13.8. The fraction of sp³-hybridized carbons (Fsp3) is 0.750. The lowest BCUT2D eigenvalue weighted by atomic mass is 9.99. The Labute approximate surface area is 141 Å². The van der Waals surface area contributed by atoms with E-state index in [1.165, 1.54) is 18.4 Å². The Kier molecular flexibility index (Phi) is 9.63. The molecule has 2 rings (SSSR count). The molecule has 0 unspecified atom stereocenters. The summed E-state index contributed by atoms with van der Waals surface area (Å²) in [7, 11) is 0. The summed E-state index contributed by atoms with van der Waals surface area (Å²) in [6.45, 7) is 13.2. The second-order valence-corrected chi connectivity index (χ2v) is 6.16. The number of aryl methyl sites for hydroxylation is 2. The summed E-state index contributed by atoms with van der Waals surface area (Å²) >= 11 is 0. The molecule has 1 aromatic heterocycles.